The molecule has 0 saturated carbocycles. The zero-order chi connectivity index (χ0) is 11.5. The van der Waals surface area contributed by atoms with Crippen molar-refractivity contribution in [2.75, 3.05) is 20.1 Å². The molecule has 0 amide bonds. The summed E-state index contributed by atoms with van der Waals surface area (Å²) in [5.41, 5.74) is 5.96. The zero-order valence-corrected chi connectivity index (χ0v) is 10.6. The van der Waals surface area contributed by atoms with E-state index in [-0.39, 0.29) is 5.54 Å². The van der Waals surface area contributed by atoms with Gasteiger partial charge in [-0.25, -0.2) is 0 Å². The maximum atomic E-state index is 5.84. The molecule has 0 bridgehead atoms. The molecule has 1 saturated heterocycles. The lowest BCUT2D eigenvalue weighted by atomic mass is 9.96. The lowest BCUT2D eigenvalue weighted by Gasteiger charge is -2.38. The van der Waals surface area contributed by atoms with Gasteiger partial charge < -0.3 is 10.5 Å². The predicted octanol–water partition coefficient (Wildman–Crippen LogP) is 1.61. The van der Waals surface area contributed by atoms with Gasteiger partial charge in [0.15, 0.2) is 0 Å². The Hall–Kier alpha value is -0.120. The van der Waals surface area contributed by atoms with Crippen LogP contribution in [0.1, 0.15) is 40.0 Å². The molecule has 90 valence electrons. The minimum Gasteiger partial charge on any atom is -0.374 e. The summed E-state index contributed by atoms with van der Waals surface area (Å²) >= 11 is 0. The van der Waals surface area contributed by atoms with Gasteiger partial charge in [0, 0.05) is 18.6 Å². The number of ether oxygens (including phenoxy) is 1. The quantitative estimate of drug-likeness (QED) is 0.755. The first kappa shape index (κ1) is 12.9. The van der Waals surface area contributed by atoms with Crippen molar-refractivity contribution < 1.29 is 4.74 Å². The van der Waals surface area contributed by atoms with E-state index in [1.807, 2.05) is 0 Å². The van der Waals surface area contributed by atoms with Gasteiger partial charge >= 0.3 is 0 Å². The molecule has 3 unspecified atom stereocenters. The summed E-state index contributed by atoms with van der Waals surface area (Å²) in [6.07, 6.45) is 4.32. The Kier molecular flexibility index (Phi) is 4.56. The fraction of sp³-hybridized carbons (Fsp3) is 1.00. The molecule has 1 aliphatic heterocycles. The number of hydrogen-bond acceptors (Lipinski definition) is 3. The van der Waals surface area contributed by atoms with Crippen LogP contribution >= 0.6 is 0 Å². The summed E-state index contributed by atoms with van der Waals surface area (Å²) in [6.45, 7) is 8.29. The molecule has 0 aliphatic carbocycles. The monoisotopic (exact) mass is 214 g/mol. The summed E-state index contributed by atoms with van der Waals surface area (Å²) < 4.78 is 5.83. The molecule has 1 fully saturated rings. The van der Waals surface area contributed by atoms with Crippen molar-refractivity contribution >= 4 is 0 Å². The van der Waals surface area contributed by atoms with E-state index in [0.29, 0.717) is 18.8 Å². The average Bonchev–Trinajstić information content (AvgIpc) is 2.62. The average molecular weight is 214 g/mol. The minimum absolute atomic E-state index is 0.120. The maximum Gasteiger partial charge on any atom is 0.0706 e. The Morgan fingerprint density at radius 1 is 1.47 bits per heavy atom. The van der Waals surface area contributed by atoms with Gasteiger partial charge in [-0.1, -0.05) is 6.92 Å². The SMILES string of the molecule is CCC(C)(CN)N(C)CC1CCC(C)O1. The van der Waals surface area contributed by atoms with Crippen molar-refractivity contribution in [3.63, 3.8) is 0 Å². The second-order valence-corrected chi connectivity index (χ2v) is 5.08. The van der Waals surface area contributed by atoms with Crippen LogP contribution in [0.4, 0.5) is 0 Å². The first-order chi connectivity index (χ1) is 7.01. The van der Waals surface area contributed by atoms with Gasteiger partial charge in [0.1, 0.15) is 0 Å². The van der Waals surface area contributed by atoms with Crippen LogP contribution in [0.2, 0.25) is 0 Å². The summed E-state index contributed by atoms with van der Waals surface area (Å²) in [4.78, 5) is 2.36. The zero-order valence-electron chi connectivity index (χ0n) is 10.6. The van der Waals surface area contributed by atoms with E-state index in [1.54, 1.807) is 0 Å². The Morgan fingerprint density at radius 3 is 2.53 bits per heavy atom. The molecular formula is C12H26N2O. The fourth-order valence-electron chi connectivity index (χ4n) is 2.12. The molecule has 3 heteroatoms. The second-order valence-electron chi connectivity index (χ2n) is 5.08. The lowest BCUT2D eigenvalue weighted by Crippen LogP contribution is -2.51. The number of hydrogen-bond donors (Lipinski definition) is 1. The maximum absolute atomic E-state index is 5.84. The summed E-state index contributed by atoms with van der Waals surface area (Å²) in [5, 5.41) is 0. The second kappa shape index (κ2) is 5.28. The fourth-order valence-corrected chi connectivity index (χ4v) is 2.12. The van der Waals surface area contributed by atoms with Gasteiger partial charge in [-0.3, -0.25) is 4.90 Å². The highest BCUT2D eigenvalue weighted by atomic mass is 16.5. The number of rotatable bonds is 5. The molecule has 1 aliphatic rings. The van der Waals surface area contributed by atoms with Crippen LogP contribution < -0.4 is 5.73 Å². The van der Waals surface area contributed by atoms with Crippen molar-refractivity contribution in [2.24, 2.45) is 5.73 Å². The molecule has 2 N–H and O–H groups in total. The van der Waals surface area contributed by atoms with Crippen LogP contribution in [0.5, 0.6) is 0 Å². The van der Waals surface area contributed by atoms with Gasteiger partial charge in [-0.05, 0) is 40.2 Å². The van der Waals surface area contributed by atoms with E-state index in [1.165, 1.54) is 12.8 Å². The first-order valence-corrected chi connectivity index (χ1v) is 6.08. The summed E-state index contributed by atoms with van der Waals surface area (Å²) in [6, 6.07) is 0. The molecule has 15 heavy (non-hydrogen) atoms. The van der Waals surface area contributed by atoms with Crippen molar-refractivity contribution in [3.8, 4) is 0 Å². The standard InChI is InChI=1S/C12H26N2O/c1-5-12(3,9-13)14(4)8-11-7-6-10(2)15-11/h10-11H,5-9,13H2,1-4H3. The van der Waals surface area contributed by atoms with E-state index in [9.17, 15) is 0 Å². The highest BCUT2D eigenvalue weighted by molar-refractivity contribution is 4.86. The molecular weight excluding hydrogens is 188 g/mol. The predicted molar refractivity (Wildman–Crippen MR) is 63.9 cm³/mol. The first-order valence-electron chi connectivity index (χ1n) is 6.08. The van der Waals surface area contributed by atoms with E-state index < -0.39 is 0 Å². The smallest absolute Gasteiger partial charge is 0.0706 e. The van der Waals surface area contributed by atoms with Crippen LogP contribution in [-0.2, 0) is 4.74 Å². The van der Waals surface area contributed by atoms with Gasteiger partial charge in [0.05, 0.1) is 12.2 Å². The largest absolute Gasteiger partial charge is 0.374 e. The van der Waals surface area contributed by atoms with Crippen LogP contribution in [0.25, 0.3) is 0 Å². The molecule has 0 aromatic rings. The van der Waals surface area contributed by atoms with Crippen molar-refractivity contribution in [1.29, 1.82) is 0 Å². The number of likely N-dealkylation sites (N-methyl/N-ethyl adjacent to an activating group) is 1. The van der Waals surface area contributed by atoms with Gasteiger partial charge in [-0.2, -0.15) is 0 Å². The molecule has 0 aromatic carbocycles. The third-order valence-corrected chi connectivity index (χ3v) is 3.92. The minimum atomic E-state index is 0.120. The van der Waals surface area contributed by atoms with E-state index in [2.05, 4.69) is 32.7 Å². The Bertz CT molecular complexity index is 192. The van der Waals surface area contributed by atoms with Crippen molar-refractivity contribution in [3.05, 3.63) is 0 Å². The normalized spacial score (nSPS) is 30.8. The molecule has 3 nitrogen and oxygen atoms in total. The van der Waals surface area contributed by atoms with Crippen LogP contribution in [0.3, 0.4) is 0 Å². The third-order valence-electron chi connectivity index (χ3n) is 3.92. The van der Waals surface area contributed by atoms with E-state index >= 15 is 0 Å². The lowest BCUT2D eigenvalue weighted by molar-refractivity contribution is 0.0122. The van der Waals surface area contributed by atoms with Gasteiger partial charge in [0.25, 0.3) is 0 Å². The topological polar surface area (TPSA) is 38.5 Å². The third kappa shape index (κ3) is 3.16. The van der Waals surface area contributed by atoms with Crippen LogP contribution in [-0.4, -0.2) is 42.8 Å². The van der Waals surface area contributed by atoms with Gasteiger partial charge in [0.2, 0.25) is 0 Å². The summed E-state index contributed by atoms with van der Waals surface area (Å²) in [5.74, 6) is 0. The highest BCUT2D eigenvalue weighted by Crippen LogP contribution is 2.23. The van der Waals surface area contributed by atoms with Gasteiger partial charge in [-0.15, -0.1) is 0 Å². The Balaban J connectivity index is 2.43. The van der Waals surface area contributed by atoms with Crippen molar-refractivity contribution in [1.82, 2.24) is 4.90 Å². The van der Waals surface area contributed by atoms with Crippen LogP contribution in [0, 0.1) is 0 Å². The molecule has 1 heterocycles. The Labute approximate surface area is 94.0 Å². The molecule has 1 rings (SSSR count). The molecule has 0 radical (unpaired) electrons. The highest BCUT2D eigenvalue weighted by Gasteiger charge is 2.30. The molecule has 0 spiro atoms. The van der Waals surface area contributed by atoms with E-state index in [0.717, 1.165) is 13.0 Å². The molecule has 0 aromatic heterocycles. The molecule has 3 atom stereocenters. The summed E-state index contributed by atoms with van der Waals surface area (Å²) in [7, 11) is 2.16. The Morgan fingerprint density at radius 2 is 2.13 bits per heavy atom. The number of nitrogens with two attached hydrogens (primary N) is 1. The van der Waals surface area contributed by atoms with E-state index in [4.69, 9.17) is 10.5 Å². The van der Waals surface area contributed by atoms with Crippen molar-refractivity contribution in [2.45, 2.75) is 57.8 Å². The number of nitrogens with zero attached hydrogens (tertiary/aromatic N) is 1. The van der Waals surface area contributed by atoms with Crippen LogP contribution in [0.15, 0.2) is 0 Å².